The summed E-state index contributed by atoms with van der Waals surface area (Å²) >= 11 is 0. The Kier molecular flexibility index (Phi) is 12.3. The second-order valence-corrected chi connectivity index (χ2v) is 6.03. The monoisotopic (exact) mass is 460 g/mol. The van der Waals surface area contributed by atoms with Crippen molar-refractivity contribution in [1.82, 2.24) is 15.1 Å². The zero-order valence-electron chi connectivity index (χ0n) is 16.2. The van der Waals surface area contributed by atoms with Crippen molar-refractivity contribution in [2.75, 3.05) is 48.4 Å². The lowest BCUT2D eigenvalue weighted by Crippen LogP contribution is -2.43. The molecule has 1 unspecified atom stereocenters. The number of rotatable bonds is 9. The quantitative estimate of drug-likeness (QED) is 0.202. The standard InChI is InChI=1S/C19H32N4O.HI/c1-7-8-9-14-23(5)19(20-2)21-15-18(22(3)4)16-10-12-17(24-6)13-11-16;/h7,10-13,18H,1,8-9,14-15H2,2-6H3,(H,20,21);1H. The molecule has 1 rings (SSSR count). The molecular formula is C19H33IN4O. The van der Waals surface area contributed by atoms with E-state index < -0.39 is 0 Å². The SMILES string of the molecule is C=CCCCN(C)C(=NC)NCC(c1ccc(OC)cc1)N(C)C.I. The average molecular weight is 460 g/mol. The van der Waals surface area contributed by atoms with Gasteiger partial charge in [0.2, 0.25) is 0 Å². The van der Waals surface area contributed by atoms with Crippen LogP contribution >= 0.6 is 24.0 Å². The highest BCUT2D eigenvalue weighted by molar-refractivity contribution is 14.0. The molecule has 0 aromatic heterocycles. The Morgan fingerprint density at radius 2 is 1.92 bits per heavy atom. The fourth-order valence-corrected chi connectivity index (χ4v) is 2.58. The van der Waals surface area contributed by atoms with Crippen LogP contribution in [0.5, 0.6) is 5.75 Å². The van der Waals surface area contributed by atoms with E-state index in [1.807, 2.05) is 25.3 Å². The summed E-state index contributed by atoms with van der Waals surface area (Å²) in [5.74, 6) is 1.79. The third-order valence-corrected chi connectivity index (χ3v) is 4.05. The topological polar surface area (TPSA) is 40.1 Å². The molecule has 0 saturated heterocycles. The molecule has 0 radical (unpaired) electrons. The van der Waals surface area contributed by atoms with Crippen LogP contribution in [0.25, 0.3) is 0 Å². The lowest BCUT2D eigenvalue weighted by Gasteiger charge is -2.28. The van der Waals surface area contributed by atoms with Gasteiger partial charge >= 0.3 is 0 Å². The van der Waals surface area contributed by atoms with Crippen molar-refractivity contribution >= 4 is 29.9 Å². The van der Waals surface area contributed by atoms with Crippen LogP contribution in [0.1, 0.15) is 24.4 Å². The van der Waals surface area contributed by atoms with Crippen molar-refractivity contribution < 1.29 is 4.74 Å². The van der Waals surface area contributed by atoms with Crippen molar-refractivity contribution in [2.45, 2.75) is 18.9 Å². The molecule has 142 valence electrons. The number of benzene rings is 1. The molecule has 5 nitrogen and oxygen atoms in total. The number of guanidine groups is 1. The van der Waals surface area contributed by atoms with E-state index in [-0.39, 0.29) is 30.0 Å². The molecule has 6 heteroatoms. The summed E-state index contributed by atoms with van der Waals surface area (Å²) in [5.41, 5.74) is 1.25. The van der Waals surface area contributed by atoms with E-state index in [9.17, 15) is 0 Å². The molecule has 0 spiro atoms. The normalized spacial score (nSPS) is 12.3. The largest absolute Gasteiger partial charge is 0.497 e. The first kappa shape index (κ1) is 23.7. The molecular weight excluding hydrogens is 427 g/mol. The number of nitrogens with one attached hydrogen (secondary N) is 1. The second-order valence-electron chi connectivity index (χ2n) is 6.03. The number of halogens is 1. The molecule has 0 saturated carbocycles. The van der Waals surface area contributed by atoms with Gasteiger partial charge in [0.25, 0.3) is 0 Å². The summed E-state index contributed by atoms with van der Waals surface area (Å²) in [6.45, 7) is 5.52. The Bertz CT molecular complexity index is 517. The number of hydrogen-bond acceptors (Lipinski definition) is 3. The second kappa shape index (κ2) is 13.0. The smallest absolute Gasteiger partial charge is 0.193 e. The number of unbranched alkanes of at least 4 members (excludes halogenated alkanes) is 1. The minimum atomic E-state index is 0. The minimum absolute atomic E-state index is 0. The number of methoxy groups -OCH3 is 1. The van der Waals surface area contributed by atoms with Gasteiger partial charge in [0.1, 0.15) is 5.75 Å². The first-order chi connectivity index (χ1) is 11.5. The predicted molar refractivity (Wildman–Crippen MR) is 118 cm³/mol. The molecule has 1 aromatic rings. The van der Waals surface area contributed by atoms with Crippen molar-refractivity contribution in [3.63, 3.8) is 0 Å². The van der Waals surface area contributed by atoms with Crippen LogP contribution in [0.15, 0.2) is 41.9 Å². The number of aliphatic imine (C=N–C) groups is 1. The Morgan fingerprint density at radius 1 is 1.28 bits per heavy atom. The van der Waals surface area contributed by atoms with Crippen molar-refractivity contribution in [3.05, 3.63) is 42.5 Å². The predicted octanol–water partition coefficient (Wildman–Crippen LogP) is 3.39. The molecule has 0 bridgehead atoms. The third kappa shape index (κ3) is 8.09. The average Bonchev–Trinajstić information content (AvgIpc) is 2.59. The first-order valence-electron chi connectivity index (χ1n) is 8.36. The number of allylic oxidation sites excluding steroid dienone is 1. The molecule has 1 N–H and O–H groups in total. The van der Waals surface area contributed by atoms with Crippen LogP contribution in [0.3, 0.4) is 0 Å². The number of nitrogens with zero attached hydrogens (tertiary/aromatic N) is 3. The third-order valence-electron chi connectivity index (χ3n) is 4.05. The van der Waals surface area contributed by atoms with Gasteiger partial charge in [-0.05, 0) is 44.6 Å². The summed E-state index contributed by atoms with van der Waals surface area (Å²) in [4.78, 5) is 8.75. The van der Waals surface area contributed by atoms with Crippen molar-refractivity contribution in [3.8, 4) is 5.75 Å². The highest BCUT2D eigenvalue weighted by Crippen LogP contribution is 2.20. The van der Waals surface area contributed by atoms with Gasteiger partial charge in [-0.25, -0.2) is 0 Å². The highest BCUT2D eigenvalue weighted by Gasteiger charge is 2.16. The Balaban J connectivity index is 0.00000576. The number of ether oxygens (including phenoxy) is 1. The summed E-state index contributed by atoms with van der Waals surface area (Å²) in [6, 6.07) is 8.49. The molecule has 0 aliphatic carbocycles. The van der Waals surface area contributed by atoms with Gasteiger partial charge in [-0.3, -0.25) is 4.99 Å². The van der Waals surface area contributed by atoms with E-state index in [2.05, 4.69) is 60.0 Å². The maximum atomic E-state index is 5.24. The molecule has 0 heterocycles. The molecule has 0 aliphatic heterocycles. The maximum absolute atomic E-state index is 5.24. The van der Waals surface area contributed by atoms with Gasteiger partial charge in [-0.1, -0.05) is 18.2 Å². The van der Waals surface area contributed by atoms with E-state index in [4.69, 9.17) is 4.74 Å². The van der Waals surface area contributed by atoms with Gasteiger partial charge in [0, 0.05) is 27.2 Å². The van der Waals surface area contributed by atoms with Crippen LogP contribution in [0, 0.1) is 0 Å². The van der Waals surface area contributed by atoms with E-state index in [1.165, 1.54) is 5.56 Å². The fraction of sp³-hybridized carbons (Fsp3) is 0.526. The van der Waals surface area contributed by atoms with Crippen LogP contribution in [0.4, 0.5) is 0 Å². The number of likely N-dealkylation sites (N-methyl/N-ethyl adjacent to an activating group) is 1. The first-order valence-corrected chi connectivity index (χ1v) is 8.36. The fourth-order valence-electron chi connectivity index (χ4n) is 2.58. The molecule has 0 fully saturated rings. The molecule has 1 atom stereocenters. The Morgan fingerprint density at radius 3 is 2.40 bits per heavy atom. The Labute approximate surface area is 170 Å². The Hall–Kier alpha value is -1.28. The van der Waals surface area contributed by atoms with E-state index in [0.29, 0.717) is 0 Å². The summed E-state index contributed by atoms with van der Waals surface area (Å²) in [5, 5.41) is 3.48. The van der Waals surface area contributed by atoms with Crippen molar-refractivity contribution in [1.29, 1.82) is 0 Å². The number of hydrogen-bond donors (Lipinski definition) is 1. The van der Waals surface area contributed by atoms with Gasteiger partial charge in [-0.2, -0.15) is 0 Å². The maximum Gasteiger partial charge on any atom is 0.193 e. The molecule has 0 aliphatic rings. The van der Waals surface area contributed by atoms with Crippen LogP contribution in [0.2, 0.25) is 0 Å². The van der Waals surface area contributed by atoms with E-state index in [0.717, 1.165) is 37.6 Å². The van der Waals surface area contributed by atoms with Crippen LogP contribution < -0.4 is 10.1 Å². The van der Waals surface area contributed by atoms with Gasteiger partial charge in [0.05, 0.1) is 13.2 Å². The minimum Gasteiger partial charge on any atom is -0.497 e. The van der Waals surface area contributed by atoms with Crippen LogP contribution in [-0.4, -0.2) is 64.1 Å². The molecule has 1 aromatic carbocycles. The molecule has 0 amide bonds. The summed E-state index contributed by atoms with van der Waals surface area (Å²) < 4.78 is 5.24. The van der Waals surface area contributed by atoms with E-state index in [1.54, 1.807) is 7.11 Å². The summed E-state index contributed by atoms with van der Waals surface area (Å²) in [7, 11) is 9.76. The van der Waals surface area contributed by atoms with Gasteiger partial charge < -0.3 is 19.9 Å². The van der Waals surface area contributed by atoms with E-state index >= 15 is 0 Å². The van der Waals surface area contributed by atoms with Gasteiger partial charge in [-0.15, -0.1) is 30.6 Å². The summed E-state index contributed by atoms with van der Waals surface area (Å²) in [6.07, 6.45) is 4.06. The molecule has 25 heavy (non-hydrogen) atoms. The highest BCUT2D eigenvalue weighted by atomic mass is 127. The van der Waals surface area contributed by atoms with Crippen molar-refractivity contribution in [2.24, 2.45) is 4.99 Å². The van der Waals surface area contributed by atoms with Gasteiger partial charge in [0.15, 0.2) is 5.96 Å². The lowest BCUT2D eigenvalue weighted by atomic mass is 10.1. The zero-order valence-corrected chi connectivity index (χ0v) is 18.5. The van der Waals surface area contributed by atoms with Crippen LogP contribution in [-0.2, 0) is 0 Å². The zero-order chi connectivity index (χ0) is 17.9. The lowest BCUT2D eigenvalue weighted by molar-refractivity contribution is 0.295.